The fourth-order valence-corrected chi connectivity index (χ4v) is 2.40. The normalized spacial score (nSPS) is 17.8. The zero-order chi connectivity index (χ0) is 17.3. The van der Waals surface area contributed by atoms with E-state index < -0.39 is 22.3 Å². The molecular weight excluding hydrogens is 307 g/mol. The Bertz CT molecular complexity index is 588. The summed E-state index contributed by atoms with van der Waals surface area (Å²) < 4.78 is 21.3. The first kappa shape index (κ1) is 17.2. The third kappa shape index (κ3) is 4.64. The van der Waals surface area contributed by atoms with Gasteiger partial charge in [-0.2, -0.15) is 5.10 Å². The molecule has 8 nitrogen and oxygen atoms in total. The van der Waals surface area contributed by atoms with E-state index in [4.69, 9.17) is 4.74 Å². The molecule has 0 saturated carbocycles. The van der Waals surface area contributed by atoms with Crippen molar-refractivity contribution >= 4 is 11.8 Å². The second kappa shape index (κ2) is 6.13. The minimum atomic E-state index is -1.54. The molecule has 0 spiro atoms. The van der Waals surface area contributed by atoms with E-state index in [9.17, 15) is 19.3 Å². The van der Waals surface area contributed by atoms with E-state index in [1.165, 1.54) is 15.8 Å². The summed E-state index contributed by atoms with van der Waals surface area (Å²) in [7, 11) is 0. The van der Waals surface area contributed by atoms with Gasteiger partial charge in [0.15, 0.2) is 0 Å². The van der Waals surface area contributed by atoms with Gasteiger partial charge in [-0.15, -0.1) is 0 Å². The van der Waals surface area contributed by atoms with Crippen LogP contribution in [0.1, 0.15) is 33.6 Å². The average molecular weight is 328 g/mol. The van der Waals surface area contributed by atoms with Crippen LogP contribution in [0.5, 0.6) is 0 Å². The van der Waals surface area contributed by atoms with Gasteiger partial charge in [0.25, 0.3) is 0 Å². The molecule has 0 bridgehead atoms. The zero-order valence-corrected chi connectivity index (χ0v) is 13.5. The quantitative estimate of drug-likeness (QED) is 0.628. The summed E-state index contributed by atoms with van der Waals surface area (Å²) in [6, 6.07) is 0. The van der Waals surface area contributed by atoms with Crippen LogP contribution >= 0.6 is 0 Å². The van der Waals surface area contributed by atoms with Crippen LogP contribution < -0.4 is 0 Å². The highest BCUT2D eigenvalue weighted by molar-refractivity contribution is 5.68. The van der Waals surface area contributed by atoms with Crippen LogP contribution in [0.15, 0.2) is 12.4 Å². The number of halogens is 1. The van der Waals surface area contributed by atoms with Crippen molar-refractivity contribution in [1.29, 1.82) is 0 Å². The molecule has 128 valence electrons. The number of rotatable bonds is 3. The van der Waals surface area contributed by atoms with Gasteiger partial charge in [-0.3, -0.25) is 14.8 Å². The van der Waals surface area contributed by atoms with Gasteiger partial charge in [0.2, 0.25) is 0 Å². The number of carbonyl (C=O) groups is 1. The Kier molecular flexibility index (Phi) is 4.58. The lowest BCUT2D eigenvalue weighted by Gasteiger charge is -2.36. The zero-order valence-electron chi connectivity index (χ0n) is 13.5. The van der Waals surface area contributed by atoms with Crippen molar-refractivity contribution in [2.24, 2.45) is 0 Å². The number of nitro groups is 1. The maximum Gasteiger partial charge on any atom is 0.410 e. The second-order valence-corrected chi connectivity index (χ2v) is 6.77. The van der Waals surface area contributed by atoms with E-state index in [2.05, 4.69) is 5.10 Å². The lowest BCUT2D eigenvalue weighted by atomic mass is 9.93. The molecule has 2 rings (SSSR count). The van der Waals surface area contributed by atoms with Crippen LogP contribution in [-0.4, -0.2) is 50.1 Å². The van der Waals surface area contributed by atoms with E-state index >= 15 is 0 Å². The Labute approximate surface area is 133 Å². The maximum absolute atomic E-state index is 14.8. The number of alkyl halides is 1. The molecule has 1 aromatic heterocycles. The van der Waals surface area contributed by atoms with Crippen molar-refractivity contribution in [3.05, 3.63) is 22.5 Å². The number of ether oxygens (including phenoxy) is 1. The topological polar surface area (TPSA) is 90.5 Å². The van der Waals surface area contributed by atoms with E-state index in [0.29, 0.717) is 0 Å². The van der Waals surface area contributed by atoms with Crippen LogP contribution in [0.25, 0.3) is 0 Å². The fraction of sp³-hybridized carbons (Fsp3) is 0.714. The maximum atomic E-state index is 14.8. The van der Waals surface area contributed by atoms with Gasteiger partial charge < -0.3 is 9.64 Å². The smallest absolute Gasteiger partial charge is 0.410 e. The summed E-state index contributed by atoms with van der Waals surface area (Å²) in [6.07, 6.45) is 2.13. The van der Waals surface area contributed by atoms with Gasteiger partial charge >= 0.3 is 11.8 Å². The molecule has 1 aliphatic heterocycles. The number of likely N-dealkylation sites (tertiary alicyclic amines) is 1. The third-order valence-electron chi connectivity index (χ3n) is 3.59. The summed E-state index contributed by atoms with van der Waals surface area (Å²) in [5.41, 5.74) is -2.30. The molecule has 0 aromatic carbocycles. The van der Waals surface area contributed by atoms with Crippen molar-refractivity contribution in [3.63, 3.8) is 0 Å². The van der Waals surface area contributed by atoms with Gasteiger partial charge in [0.1, 0.15) is 23.7 Å². The summed E-state index contributed by atoms with van der Waals surface area (Å²) in [5.74, 6) is 0. The van der Waals surface area contributed by atoms with Crippen molar-refractivity contribution in [1.82, 2.24) is 14.7 Å². The largest absolute Gasteiger partial charge is 0.444 e. The lowest BCUT2D eigenvalue weighted by molar-refractivity contribution is -0.385. The average Bonchev–Trinajstić information content (AvgIpc) is 2.85. The summed E-state index contributed by atoms with van der Waals surface area (Å²) in [4.78, 5) is 23.5. The van der Waals surface area contributed by atoms with Crippen molar-refractivity contribution in [3.8, 4) is 0 Å². The van der Waals surface area contributed by atoms with Gasteiger partial charge in [-0.1, -0.05) is 0 Å². The minimum absolute atomic E-state index is 0.0665. The molecule has 2 heterocycles. The number of amides is 1. The third-order valence-corrected chi connectivity index (χ3v) is 3.59. The SMILES string of the molecule is CC(C)(C)OC(=O)N1CCC(F)(Cn2cc([N+](=O)[O-])cn2)CC1. The number of carbonyl (C=O) groups excluding carboxylic acids is 1. The molecule has 0 radical (unpaired) electrons. The molecular formula is C14H21FN4O4. The van der Waals surface area contributed by atoms with E-state index in [0.717, 1.165) is 6.20 Å². The molecule has 0 unspecified atom stereocenters. The first-order chi connectivity index (χ1) is 10.6. The van der Waals surface area contributed by atoms with Crippen LogP contribution in [-0.2, 0) is 11.3 Å². The monoisotopic (exact) mass is 328 g/mol. The Hall–Kier alpha value is -2.19. The molecule has 1 aromatic rings. The van der Waals surface area contributed by atoms with Gasteiger partial charge in [-0.05, 0) is 20.8 Å². The first-order valence-corrected chi connectivity index (χ1v) is 7.42. The predicted molar refractivity (Wildman–Crippen MR) is 79.8 cm³/mol. The van der Waals surface area contributed by atoms with Crippen LogP contribution in [0.4, 0.5) is 14.9 Å². The van der Waals surface area contributed by atoms with Crippen LogP contribution in [0.3, 0.4) is 0 Å². The highest BCUT2D eigenvalue weighted by atomic mass is 19.1. The van der Waals surface area contributed by atoms with Gasteiger partial charge in [0, 0.05) is 25.9 Å². The Morgan fingerprint density at radius 1 is 1.48 bits per heavy atom. The molecule has 0 N–H and O–H groups in total. The summed E-state index contributed by atoms with van der Waals surface area (Å²) in [6.45, 7) is 5.75. The van der Waals surface area contributed by atoms with E-state index in [1.807, 2.05) is 0 Å². The molecule has 0 aliphatic carbocycles. The van der Waals surface area contributed by atoms with Crippen molar-refractivity contribution < 1.29 is 18.8 Å². The number of hydrogen-bond donors (Lipinski definition) is 0. The van der Waals surface area contributed by atoms with Crippen LogP contribution in [0, 0.1) is 10.1 Å². The number of aromatic nitrogens is 2. The molecule has 1 amide bonds. The van der Waals surface area contributed by atoms with Crippen molar-refractivity contribution in [2.45, 2.75) is 51.4 Å². The van der Waals surface area contributed by atoms with Gasteiger partial charge in [0.05, 0.1) is 11.5 Å². The molecule has 1 fully saturated rings. The highest BCUT2D eigenvalue weighted by Crippen LogP contribution is 2.29. The number of hydrogen-bond acceptors (Lipinski definition) is 5. The summed E-state index contributed by atoms with van der Waals surface area (Å²) in [5, 5.41) is 14.4. The van der Waals surface area contributed by atoms with Crippen molar-refractivity contribution in [2.75, 3.05) is 13.1 Å². The number of nitrogens with zero attached hydrogens (tertiary/aromatic N) is 4. The van der Waals surface area contributed by atoms with E-state index in [-0.39, 0.29) is 38.2 Å². The fourth-order valence-electron chi connectivity index (χ4n) is 2.40. The lowest BCUT2D eigenvalue weighted by Crippen LogP contribution is -2.47. The second-order valence-electron chi connectivity index (χ2n) is 6.77. The molecule has 1 saturated heterocycles. The standard InChI is InChI=1S/C14H21FN4O4/c1-13(2,3)23-12(20)17-6-4-14(15,5-7-17)10-18-9-11(8-16-18)19(21)22/h8-9H,4-7,10H2,1-3H3. The molecule has 0 atom stereocenters. The molecule has 9 heteroatoms. The van der Waals surface area contributed by atoms with Gasteiger partial charge in [-0.25, -0.2) is 9.18 Å². The Balaban J connectivity index is 1.91. The van der Waals surface area contributed by atoms with E-state index in [1.54, 1.807) is 20.8 Å². The molecule has 1 aliphatic rings. The Morgan fingerprint density at radius 3 is 2.57 bits per heavy atom. The Morgan fingerprint density at radius 2 is 2.09 bits per heavy atom. The number of piperidine rings is 1. The van der Waals surface area contributed by atoms with Crippen LogP contribution in [0.2, 0.25) is 0 Å². The molecule has 23 heavy (non-hydrogen) atoms. The highest BCUT2D eigenvalue weighted by Gasteiger charge is 2.38. The minimum Gasteiger partial charge on any atom is -0.444 e. The first-order valence-electron chi connectivity index (χ1n) is 7.42. The summed E-state index contributed by atoms with van der Waals surface area (Å²) >= 11 is 0. The predicted octanol–water partition coefficient (Wildman–Crippen LogP) is 2.53.